The normalized spacial score (nSPS) is 14.1. The quantitative estimate of drug-likeness (QED) is 0.420. The van der Waals surface area contributed by atoms with Gasteiger partial charge in [-0.05, 0) is 29.3 Å². The van der Waals surface area contributed by atoms with Crippen LogP contribution in [-0.4, -0.2) is 51.8 Å². The minimum atomic E-state index is -4.67. The van der Waals surface area contributed by atoms with Crippen molar-refractivity contribution >= 4 is 17.4 Å². The van der Waals surface area contributed by atoms with Crippen molar-refractivity contribution in [3.05, 3.63) is 87.7 Å². The summed E-state index contributed by atoms with van der Waals surface area (Å²) in [5.41, 5.74) is 0.450. The SMILES string of the molecule is O=C(NCc1ccc(Cn2cccn2)cc1)N1CCN(c2ccc(C(F)(F)F)cc2[N+](=O)[O-])CC1. The largest absolute Gasteiger partial charge is 0.416 e. The Morgan fingerprint density at radius 3 is 2.34 bits per heavy atom. The van der Waals surface area contributed by atoms with E-state index in [-0.39, 0.29) is 37.9 Å². The van der Waals surface area contributed by atoms with Gasteiger partial charge >= 0.3 is 12.2 Å². The Morgan fingerprint density at radius 1 is 1.06 bits per heavy atom. The van der Waals surface area contributed by atoms with E-state index in [9.17, 15) is 28.1 Å². The van der Waals surface area contributed by atoms with Crippen LogP contribution in [0.5, 0.6) is 0 Å². The second kappa shape index (κ2) is 10.0. The fourth-order valence-corrected chi connectivity index (χ4v) is 3.90. The van der Waals surface area contributed by atoms with Crippen molar-refractivity contribution < 1.29 is 22.9 Å². The summed E-state index contributed by atoms with van der Waals surface area (Å²) in [5.74, 6) is 0. The zero-order chi connectivity index (χ0) is 25.0. The molecule has 9 nitrogen and oxygen atoms in total. The highest BCUT2D eigenvalue weighted by molar-refractivity contribution is 5.75. The number of nitro benzene ring substituents is 1. The maximum absolute atomic E-state index is 12.9. The van der Waals surface area contributed by atoms with Crippen molar-refractivity contribution in [1.82, 2.24) is 20.0 Å². The van der Waals surface area contributed by atoms with Crippen molar-refractivity contribution in [1.29, 1.82) is 0 Å². The number of carbonyl (C=O) groups is 1. The Bertz CT molecular complexity index is 1170. The number of piperazine rings is 1. The number of hydrogen-bond acceptors (Lipinski definition) is 5. The first-order chi connectivity index (χ1) is 16.7. The molecule has 0 atom stereocenters. The fourth-order valence-electron chi connectivity index (χ4n) is 3.90. The van der Waals surface area contributed by atoms with Crippen molar-refractivity contribution in [3.63, 3.8) is 0 Å². The van der Waals surface area contributed by atoms with E-state index in [0.717, 1.165) is 23.3 Å². The molecule has 1 fully saturated rings. The van der Waals surface area contributed by atoms with Crippen LogP contribution in [0.1, 0.15) is 16.7 Å². The second-order valence-electron chi connectivity index (χ2n) is 8.11. The number of benzene rings is 2. The second-order valence-corrected chi connectivity index (χ2v) is 8.11. The smallest absolute Gasteiger partial charge is 0.362 e. The number of halogens is 3. The fraction of sp³-hybridized carbons (Fsp3) is 0.304. The Balaban J connectivity index is 1.30. The minimum absolute atomic E-state index is 0.109. The number of nitrogens with zero attached hydrogens (tertiary/aromatic N) is 5. The minimum Gasteiger partial charge on any atom is -0.362 e. The Morgan fingerprint density at radius 2 is 1.74 bits per heavy atom. The van der Waals surface area contributed by atoms with Crippen LogP contribution in [-0.2, 0) is 19.3 Å². The molecule has 4 rings (SSSR count). The number of aromatic nitrogens is 2. The monoisotopic (exact) mass is 488 g/mol. The average molecular weight is 488 g/mol. The van der Waals surface area contributed by atoms with Crippen LogP contribution in [0.15, 0.2) is 60.9 Å². The lowest BCUT2D eigenvalue weighted by Crippen LogP contribution is -2.51. The van der Waals surface area contributed by atoms with E-state index < -0.39 is 22.4 Å². The van der Waals surface area contributed by atoms with Crippen LogP contribution in [0, 0.1) is 10.1 Å². The molecule has 0 bridgehead atoms. The van der Waals surface area contributed by atoms with Gasteiger partial charge in [0.15, 0.2) is 0 Å². The van der Waals surface area contributed by atoms with Gasteiger partial charge in [-0.15, -0.1) is 0 Å². The van der Waals surface area contributed by atoms with E-state index >= 15 is 0 Å². The number of nitro groups is 1. The van der Waals surface area contributed by atoms with Crippen LogP contribution in [0.4, 0.5) is 29.3 Å². The lowest BCUT2D eigenvalue weighted by atomic mass is 10.1. The highest BCUT2D eigenvalue weighted by Crippen LogP contribution is 2.36. The van der Waals surface area contributed by atoms with E-state index in [2.05, 4.69) is 10.4 Å². The lowest BCUT2D eigenvalue weighted by Gasteiger charge is -2.35. The summed E-state index contributed by atoms with van der Waals surface area (Å²) in [7, 11) is 0. The lowest BCUT2D eigenvalue weighted by molar-refractivity contribution is -0.384. The van der Waals surface area contributed by atoms with Crippen LogP contribution in [0.25, 0.3) is 0 Å². The van der Waals surface area contributed by atoms with Crippen LogP contribution >= 0.6 is 0 Å². The summed E-state index contributed by atoms with van der Waals surface area (Å²) in [6.45, 7) is 2.09. The molecular formula is C23H23F3N6O3. The molecular weight excluding hydrogens is 465 g/mol. The number of carbonyl (C=O) groups excluding carboxylic acids is 1. The Labute approximate surface area is 198 Å². The molecule has 2 heterocycles. The van der Waals surface area contributed by atoms with Gasteiger partial charge in [-0.1, -0.05) is 24.3 Å². The molecule has 0 aliphatic carbocycles. The van der Waals surface area contributed by atoms with Crippen molar-refractivity contribution in [3.8, 4) is 0 Å². The predicted molar refractivity (Wildman–Crippen MR) is 122 cm³/mol. The molecule has 1 saturated heterocycles. The molecule has 1 aliphatic heterocycles. The maximum atomic E-state index is 12.9. The van der Waals surface area contributed by atoms with Gasteiger partial charge < -0.3 is 15.1 Å². The number of hydrogen-bond donors (Lipinski definition) is 1. The summed E-state index contributed by atoms with van der Waals surface area (Å²) >= 11 is 0. The van der Waals surface area contributed by atoms with Gasteiger partial charge in [0.05, 0.1) is 17.0 Å². The van der Waals surface area contributed by atoms with Crippen molar-refractivity contribution in [2.45, 2.75) is 19.3 Å². The van der Waals surface area contributed by atoms with Gasteiger partial charge in [-0.2, -0.15) is 18.3 Å². The average Bonchev–Trinajstić information content (AvgIpc) is 3.35. The van der Waals surface area contributed by atoms with Gasteiger partial charge in [0.2, 0.25) is 0 Å². The van der Waals surface area contributed by atoms with E-state index in [1.54, 1.807) is 16.0 Å². The van der Waals surface area contributed by atoms with E-state index in [4.69, 9.17) is 0 Å². The molecule has 12 heteroatoms. The number of amides is 2. The van der Waals surface area contributed by atoms with Gasteiger partial charge in [0, 0.05) is 51.2 Å². The third kappa shape index (κ3) is 5.89. The van der Waals surface area contributed by atoms with Gasteiger partial charge in [-0.25, -0.2) is 4.79 Å². The molecule has 3 aromatic rings. The van der Waals surface area contributed by atoms with E-state index in [1.807, 2.05) is 41.2 Å². The molecule has 1 N–H and O–H groups in total. The maximum Gasteiger partial charge on any atom is 0.416 e. The summed E-state index contributed by atoms with van der Waals surface area (Å²) in [6, 6.07) is 11.9. The molecule has 0 spiro atoms. The molecule has 0 radical (unpaired) electrons. The van der Waals surface area contributed by atoms with Crippen LogP contribution in [0.3, 0.4) is 0 Å². The molecule has 0 saturated carbocycles. The number of anilines is 1. The van der Waals surface area contributed by atoms with Gasteiger partial charge in [0.1, 0.15) is 5.69 Å². The van der Waals surface area contributed by atoms with Crippen molar-refractivity contribution in [2.75, 3.05) is 31.1 Å². The van der Waals surface area contributed by atoms with Gasteiger partial charge in [0.25, 0.3) is 5.69 Å². The Kier molecular flexibility index (Phi) is 6.90. The molecule has 2 aromatic carbocycles. The third-order valence-electron chi connectivity index (χ3n) is 5.78. The van der Waals surface area contributed by atoms with Crippen molar-refractivity contribution in [2.24, 2.45) is 0 Å². The number of alkyl halides is 3. The first-order valence-electron chi connectivity index (χ1n) is 10.9. The van der Waals surface area contributed by atoms with Gasteiger partial charge in [-0.3, -0.25) is 14.8 Å². The standard InChI is InChI=1S/C23H23F3N6O3/c24-23(25,26)19-6-7-20(21(14-19)32(34)35)29-10-12-30(13-11-29)22(33)27-15-17-2-4-18(5-3-17)16-31-9-1-8-28-31/h1-9,14H,10-13,15-16H2,(H,27,33). The predicted octanol–water partition coefficient (Wildman–Crippen LogP) is 3.89. The molecule has 1 aliphatic rings. The highest BCUT2D eigenvalue weighted by atomic mass is 19.4. The number of nitrogens with one attached hydrogen (secondary N) is 1. The number of rotatable bonds is 6. The van der Waals surface area contributed by atoms with Crippen LogP contribution in [0.2, 0.25) is 0 Å². The summed E-state index contributed by atoms with van der Waals surface area (Å²) < 4.78 is 40.7. The topological polar surface area (TPSA) is 96.5 Å². The molecule has 1 aromatic heterocycles. The molecule has 184 valence electrons. The summed E-state index contributed by atoms with van der Waals surface area (Å²) in [4.78, 5) is 26.3. The first kappa shape index (κ1) is 24.0. The zero-order valence-electron chi connectivity index (χ0n) is 18.6. The molecule has 0 unspecified atom stereocenters. The summed E-state index contributed by atoms with van der Waals surface area (Å²) in [5, 5.41) is 18.4. The van der Waals surface area contributed by atoms with E-state index in [0.29, 0.717) is 19.2 Å². The molecule has 2 amide bonds. The zero-order valence-corrected chi connectivity index (χ0v) is 18.6. The number of urea groups is 1. The summed E-state index contributed by atoms with van der Waals surface area (Å²) in [6.07, 6.45) is -1.07. The first-order valence-corrected chi connectivity index (χ1v) is 10.9. The third-order valence-corrected chi connectivity index (χ3v) is 5.78. The molecule has 35 heavy (non-hydrogen) atoms. The highest BCUT2D eigenvalue weighted by Gasteiger charge is 2.34. The van der Waals surface area contributed by atoms with Crippen LogP contribution < -0.4 is 10.2 Å². The van der Waals surface area contributed by atoms with E-state index in [1.165, 1.54) is 0 Å². The Hall–Kier alpha value is -4.09.